The summed E-state index contributed by atoms with van der Waals surface area (Å²) in [5.41, 5.74) is 0. The Morgan fingerprint density at radius 2 is 2.00 bits per heavy atom. The van der Waals surface area contributed by atoms with Crippen molar-refractivity contribution >= 4 is 0 Å². The maximum Gasteiger partial charge on any atom is 0.0936 e. The number of ether oxygens (including phenoxy) is 1. The first-order chi connectivity index (χ1) is 5.11. The van der Waals surface area contributed by atoms with Crippen LogP contribution in [0.4, 0.5) is 0 Å². The molecule has 2 nitrogen and oxygen atoms in total. The van der Waals surface area contributed by atoms with Crippen LogP contribution >= 0.6 is 0 Å². The molecule has 0 saturated carbocycles. The molecule has 0 amide bonds. The molecule has 0 N–H and O–H groups in total. The van der Waals surface area contributed by atoms with Crippen molar-refractivity contribution in [2.24, 2.45) is 5.92 Å². The van der Waals surface area contributed by atoms with Crippen LogP contribution in [0.3, 0.4) is 0 Å². The highest BCUT2D eigenvalue weighted by Gasteiger charge is 2.26. The summed E-state index contributed by atoms with van der Waals surface area (Å²) in [6.07, 6.45) is 0.529. The molecule has 1 saturated heterocycles. The van der Waals surface area contributed by atoms with Crippen LogP contribution in [0, 0.1) is 5.92 Å². The van der Waals surface area contributed by atoms with E-state index in [-0.39, 0.29) is 0 Å². The summed E-state index contributed by atoms with van der Waals surface area (Å²) in [6.45, 7) is 8.85. The fraction of sp³-hybridized carbons (Fsp3) is 1.00. The van der Waals surface area contributed by atoms with E-state index in [0.717, 1.165) is 19.1 Å². The number of rotatable bonds is 4. The van der Waals surface area contributed by atoms with Gasteiger partial charge in [0.25, 0.3) is 0 Å². The van der Waals surface area contributed by atoms with E-state index < -0.39 is 0 Å². The minimum absolute atomic E-state index is 0.529. The van der Waals surface area contributed by atoms with Gasteiger partial charge in [-0.05, 0) is 19.9 Å². The van der Waals surface area contributed by atoms with Crippen molar-refractivity contribution < 1.29 is 4.74 Å². The lowest BCUT2D eigenvalue weighted by Gasteiger charge is -2.26. The van der Waals surface area contributed by atoms with E-state index >= 15 is 0 Å². The fourth-order valence-corrected chi connectivity index (χ4v) is 1.17. The predicted molar refractivity (Wildman–Crippen MR) is 46.7 cm³/mol. The molecule has 2 atom stereocenters. The van der Waals surface area contributed by atoms with E-state index in [1.807, 2.05) is 0 Å². The predicted octanol–water partition coefficient (Wildman–Crippen LogP) is 1.36. The van der Waals surface area contributed by atoms with Crippen molar-refractivity contribution in [3.63, 3.8) is 0 Å². The van der Waals surface area contributed by atoms with Gasteiger partial charge in [-0.25, -0.2) is 0 Å². The minimum atomic E-state index is 0.529. The molecule has 0 radical (unpaired) electrons. The number of hydrogen-bond acceptors (Lipinski definition) is 2. The van der Waals surface area contributed by atoms with Crippen molar-refractivity contribution in [3.05, 3.63) is 0 Å². The van der Waals surface area contributed by atoms with E-state index in [2.05, 4.69) is 32.7 Å². The van der Waals surface area contributed by atoms with Gasteiger partial charge < -0.3 is 9.64 Å². The normalized spacial score (nSPS) is 26.2. The van der Waals surface area contributed by atoms with Crippen LogP contribution in [-0.4, -0.2) is 37.2 Å². The highest BCUT2D eigenvalue weighted by atomic mass is 16.6. The largest absolute Gasteiger partial charge is 0.372 e. The summed E-state index contributed by atoms with van der Waals surface area (Å²) in [6, 6.07) is 0.666. The van der Waals surface area contributed by atoms with Crippen LogP contribution in [0.1, 0.15) is 20.8 Å². The van der Waals surface area contributed by atoms with Crippen molar-refractivity contribution in [1.29, 1.82) is 0 Å². The minimum Gasteiger partial charge on any atom is -0.372 e. The Balaban J connectivity index is 2.20. The number of hydrogen-bond donors (Lipinski definition) is 0. The van der Waals surface area contributed by atoms with E-state index in [4.69, 9.17) is 4.74 Å². The molecule has 1 fully saturated rings. The van der Waals surface area contributed by atoms with Gasteiger partial charge in [0.05, 0.1) is 12.7 Å². The molecule has 1 heterocycles. The Labute approximate surface area is 69.5 Å². The third-order valence-electron chi connectivity index (χ3n) is 2.55. The standard InChI is InChI=1S/C9H19NO/c1-7(2)8(3)10(4)5-9-6-11-9/h7-9H,5-6H2,1-4H3. The van der Waals surface area contributed by atoms with Gasteiger partial charge in [-0.1, -0.05) is 13.8 Å². The molecule has 2 heteroatoms. The molecule has 0 aromatic carbocycles. The Morgan fingerprint density at radius 1 is 1.45 bits per heavy atom. The summed E-state index contributed by atoms with van der Waals surface area (Å²) in [5, 5.41) is 0. The molecular weight excluding hydrogens is 138 g/mol. The Morgan fingerprint density at radius 3 is 2.36 bits per heavy atom. The third kappa shape index (κ3) is 2.80. The molecule has 1 aliphatic heterocycles. The van der Waals surface area contributed by atoms with Gasteiger partial charge in [0.15, 0.2) is 0 Å². The molecule has 0 aliphatic carbocycles. The summed E-state index contributed by atoms with van der Waals surface area (Å²) >= 11 is 0. The van der Waals surface area contributed by atoms with Crippen LogP contribution in [0.5, 0.6) is 0 Å². The van der Waals surface area contributed by atoms with Crippen molar-refractivity contribution in [2.45, 2.75) is 32.9 Å². The number of likely N-dealkylation sites (N-methyl/N-ethyl adjacent to an activating group) is 1. The summed E-state index contributed by atoms with van der Waals surface area (Å²) in [4.78, 5) is 2.38. The zero-order chi connectivity index (χ0) is 8.43. The highest BCUT2D eigenvalue weighted by Crippen LogP contribution is 2.14. The van der Waals surface area contributed by atoms with Gasteiger partial charge in [-0.3, -0.25) is 0 Å². The molecular formula is C9H19NO. The second-order valence-corrected chi connectivity index (χ2v) is 3.88. The van der Waals surface area contributed by atoms with E-state index in [1.54, 1.807) is 0 Å². The van der Waals surface area contributed by atoms with Crippen LogP contribution < -0.4 is 0 Å². The molecule has 1 rings (SSSR count). The molecule has 2 unspecified atom stereocenters. The first-order valence-corrected chi connectivity index (χ1v) is 4.43. The Kier molecular flexibility index (Phi) is 2.90. The van der Waals surface area contributed by atoms with Gasteiger partial charge in [0, 0.05) is 12.6 Å². The molecule has 0 aromatic heterocycles. The lowest BCUT2D eigenvalue weighted by Crippen LogP contribution is -2.35. The fourth-order valence-electron chi connectivity index (χ4n) is 1.17. The Bertz CT molecular complexity index is 121. The number of epoxide rings is 1. The molecule has 66 valence electrons. The second kappa shape index (κ2) is 3.55. The lowest BCUT2D eigenvalue weighted by molar-refractivity contribution is 0.190. The lowest BCUT2D eigenvalue weighted by atomic mass is 10.1. The molecule has 0 aromatic rings. The van der Waals surface area contributed by atoms with Gasteiger partial charge in [0.1, 0.15) is 0 Å². The van der Waals surface area contributed by atoms with Crippen molar-refractivity contribution in [3.8, 4) is 0 Å². The highest BCUT2D eigenvalue weighted by molar-refractivity contribution is 4.76. The molecule has 0 spiro atoms. The van der Waals surface area contributed by atoms with Crippen molar-refractivity contribution in [1.82, 2.24) is 4.90 Å². The van der Waals surface area contributed by atoms with E-state index in [1.165, 1.54) is 0 Å². The first kappa shape index (κ1) is 9.01. The summed E-state index contributed by atoms with van der Waals surface area (Å²) < 4.78 is 5.17. The molecule has 0 bridgehead atoms. The average molecular weight is 157 g/mol. The van der Waals surface area contributed by atoms with E-state index in [0.29, 0.717) is 12.1 Å². The van der Waals surface area contributed by atoms with E-state index in [9.17, 15) is 0 Å². The summed E-state index contributed by atoms with van der Waals surface area (Å²) in [5.74, 6) is 0.735. The van der Waals surface area contributed by atoms with Gasteiger partial charge in [-0.15, -0.1) is 0 Å². The smallest absolute Gasteiger partial charge is 0.0936 e. The van der Waals surface area contributed by atoms with Gasteiger partial charge in [-0.2, -0.15) is 0 Å². The van der Waals surface area contributed by atoms with Crippen LogP contribution in [0.15, 0.2) is 0 Å². The monoisotopic (exact) mass is 157 g/mol. The van der Waals surface area contributed by atoms with Crippen LogP contribution in [-0.2, 0) is 4.74 Å². The third-order valence-corrected chi connectivity index (χ3v) is 2.55. The average Bonchev–Trinajstić information content (AvgIpc) is 2.69. The SMILES string of the molecule is CC(C)C(C)N(C)CC1CO1. The van der Waals surface area contributed by atoms with Crippen LogP contribution in [0.25, 0.3) is 0 Å². The van der Waals surface area contributed by atoms with Crippen LogP contribution in [0.2, 0.25) is 0 Å². The maximum atomic E-state index is 5.17. The van der Waals surface area contributed by atoms with Gasteiger partial charge in [0.2, 0.25) is 0 Å². The first-order valence-electron chi connectivity index (χ1n) is 4.43. The summed E-state index contributed by atoms with van der Waals surface area (Å²) in [7, 11) is 2.17. The zero-order valence-corrected chi connectivity index (χ0v) is 8.00. The quantitative estimate of drug-likeness (QED) is 0.573. The van der Waals surface area contributed by atoms with Crippen molar-refractivity contribution in [2.75, 3.05) is 20.2 Å². The topological polar surface area (TPSA) is 15.8 Å². The molecule has 11 heavy (non-hydrogen) atoms. The second-order valence-electron chi connectivity index (χ2n) is 3.88. The number of nitrogens with zero attached hydrogens (tertiary/aromatic N) is 1. The molecule has 1 aliphatic rings. The zero-order valence-electron chi connectivity index (χ0n) is 8.00. The van der Waals surface area contributed by atoms with Gasteiger partial charge >= 0.3 is 0 Å². The Hall–Kier alpha value is -0.0800. The maximum absolute atomic E-state index is 5.17.